The Morgan fingerprint density at radius 3 is 2.58 bits per heavy atom. The van der Waals surface area contributed by atoms with Crippen molar-refractivity contribution in [1.29, 1.82) is 0 Å². The molecule has 31 heavy (non-hydrogen) atoms. The van der Waals surface area contributed by atoms with E-state index in [2.05, 4.69) is 51.5 Å². The number of aryl methyl sites for hydroxylation is 3. The van der Waals surface area contributed by atoms with Crippen molar-refractivity contribution in [3.05, 3.63) is 75.7 Å². The summed E-state index contributed by atoms with van der Waals surface area (Å²) in [5, 5.41) is 7.92. The molecule has 1 fully saturated rings. The number of rotatable bonds is 5. The van der Waals surface area contributed by atoms with Crippen LogP contribution < -0.4 is 5.32 Å². The normalized spacial score (nSPS) is 15.2. The van der Waals surface area contributed by atoms with Crippen LogP contribution in [-0.2, 0) is 6.54 Å². The third-order valence-electron chi connectivity index (χ3n) is 5.68. The standard InChI is InChI=1S/C24H28ClN5O/c1-16-5-4-6-19(13-16)15-29-11-9-20(10-12-29)26-24(31)23-21(25)7-8-22(27-23)30-18(3)14-17(2)28-30/h4-8,13-14,20H,9-12,15H2,1-3H3,(H,26,31). The van der Waals surface area contributed by atoms with Crippen LogP contribution in [0, 0.1) is 20.8 Å². The molecule has 0 radical (unpaired) electrons. The fraction of sp³-hybridized carbons (Fsp3) is 0.375. The van der Waals surface area contributed by atoms with Gasteiger partial charge in [-0.05, 0) is 57.4 Å². The van der Waals surface area contributed by atoms with Crippen LogP contribution in [-0.4, -0.2) is 44.7 Å². The Morgan fingerprint density at radius 1 is 1.13 bits per heavy atom. The molecule has 1 aromatic carbocycles. The molecule has 4 rings (SSSR count). The molecule has 1 N–H and O–H groups in total. The van der Waals surface area contributed by atoms with Gasteiger partial charge in [-0.1, -0.05) is 41.4 Å². The first kappa shape index (κ1) is 21.5. The maximum absolute atomic E-state index is 12.9. The Kier molecular flexibility index (Phi) is 6.39. The second-order valence-electron chi connectivity index (χ2n) is 8.35. The lowest BCUT2D eigenvalue weighted by molar-refractivity contribution is 0.0904. The molecular formula is C24H28ClN5O. The Morgan fingerprint density at radius 2 is 1.90 bits per heavy atom. The van der Waals surface area contributed by atoms with Gasteiger partial charge in [-0.15, -0.1) is 0 Å². The zero-order valence-corrected chi connectivity index (χ0v) is 19.0. The Bertz CT molecular complexity index is 1090. The van der Waals surface area contributed by atoms with E-state index in [0.29, 0.717) is 10.8 Å². The molecule has 1 aliphatic rings. The molecule has 0 unspecified atom stereocenters. The third-order valence-corrected chi connectivity index (χ3v) is 5.99. The smallest absolute Gasteiger partial charge is 0.271 e. The highest BCUT2D eigenvalue weighted by molar-refractivity contribution is 6.33. The zero-order valence-electron chi connectivity index (χ0n) is 18.2. The van der Waals surface area contributed by atoms with Gasteiger partial charge in [0.2, 0.25) is 0 Å². The van der Waals surface area contributed by atoms with Crippen LogP contribution in [0.1, 0.15) is 45.8 Å². The van der Waals surface area contributed by atoms with Crippen molar-refractivity contribution in [2.75, 3.05) is 13.1 Å². The van der Waals surface area contributed by atoms with Crippen molar-refractivity contribution in [1.82, 2.24) is 25.0 Å². The number of hydrogen-bond acceptors (Lipinski definition) is 4. The van der Waals surface area contributed by atoms with E-state index in [1.165, 1.54) is 11.1 Å². The van der Waals surface area contributed by atoms with E-state index >= 15 is 0 Å². The van der Waals surface area contributed by atoms with Gasteiger partial charge >= 0.3 is 0 Å². The van der Waals surface area contributed by atoms with Gasteiger partial charge in [0.05, 0.1) is 10.7 Å². The second kappa shape index (κ2) is 9.20. The van der Waals surface area contributed by atoms with Crippen molar-refractivity contribution >= 4 is 17.5 Å². The van der Waals surface area contributed by atoms with Gasteiger partial charge in [0, 0.05) is 31.4 Å². The molecule has 1 saturated heterocycles. The summed E-state index contributed by atoms with van der Waals surface area (Å²) in [7, 11) is 0. The van der Waals surface area contributed by atoms with Crippen LogP contribution in [0.25, 0.3) is 5.82 Å². The van der Waals surface area contributed by atoms with Crippen LogP contribution in [0.5, 0.6) is 0 Å². The van der Waals surface area contributed by atoms with Crippen molar-refractivity contribution in [2.45, 2.75) is 46.2 Å². The number of piperidine rings is 1. The molecule has 7 heteroatoms. The van der Waals surface area contributed by atoms with Crippen LogP contribution in [0.2, 0.25) is 5.02 Å². The highest BCUT2D eigenvalue weighted by atomic mass is 35.5. The molecule has 1 amide bonds. The third kappa shape index (κ3) is 5.14. The van der Waals surface area contributed by atoms with E-state index in [0.717, 1.165) is 43.9 Å². The first-order valence-corrected chi connectivity index (χ1v) is 11.1. The van der Waals surface area contributed by atoms with Crippen molar-refractivity contribution < 1.29 is 4.79 Å². The van der Waals surface area contributed by atoms with Gasteiger partial charge in [-0.25, -0.2) is 9.67 Å². The average molecular weight is 438 g/mol. The fourth-order valence-corrected chi connectivity index (χ4v) is 4.32. The summed E-state index contributed by atoms with van der Waals surface area (Å²) in [6.45, 7) is 8.85. The lowest BCUT2D eigenvalue weighted by atomic mass is 10.0. The summed E-state index contributed by atoms with van der Waals surface area (Å²) in [6, 6.07) is 14.2. The number of hydrogen-bond donors (Lipinski definition) is 1. The van der Waals surface area contributed by atoms with E-state index in [1.807, 2.05) is 19.9 Å². The lowest BCUT2D eigenvalue weighted by Gasteiger charge is -2.32. The van der Waals surface area contributed by atoms with Crippen molar-refractivity contribution in [3.8, 4) is 5.82 Å². The monoisotopic (exact) mass is 437 g/mol. The summed E-state index contributed by atoms with van der Waals surface area (Å²) >= 11 is 6.31. The number of halogens is 1. The van der Waals surface area contributed by atoms with E-state index < -0.39 is 0 Å². The number of nitrogens with one attached hydrogen (secondary N) is 1. The van der Waals surface area contributed by atoms with Gasteiger partial charge < -0.3 is 5.32 Å². The first-order chi connectivity index (χ1) is 14.9. The number of aromatic nitrogens is 3. The topological polar surface area (TPSA) is 63.1 Å². The van der Waals surface area contributed by atoms with Crippen LogP contribution in [0.3, 0.4) is 0 Å². The molecule has 1 aliphatic heterocycles. The number of likely N-dealkylation sites (tertiary alicyclic amines) is 1. The summed E-state index contributed by atoms with van der Waals surface area (Å²) in [4.78, 5) is 19.9. The van der Waals surface area contributed by atoms with Crippen molar-refractivity contribution in [2.24, 2.45) is 0 Å². The van der Waals surface area contributed by atoms with E-state index in [-0.39, 0.29) is 17.6 Å². The van der Waals surface area contributed by atoms with Crippen LogP contribution >= 0.6 is 11.6 Å². The summed E-state index contributed by atoms with van der Waals surface area (Å²) in [5.41, 5.74) is 4.72. The van der Waals surface area contributed by atoms with Gasteiger partial charge in [0.15, 0.2) is 5.82 Å². The minimum Gasteiger partial charge on any atom is -0.348 e. The highest BCUT2D eigenvalue weighted by Gasteiger charge is 2.23. The minimum absolute atomic E-state index is 0.122. The van der Waals surface area contributed by atoms with Gasteiger partial charge in [-0.3, -0.25) is 9.69 Å². The molecule has 0 saturated carbocycles. The van der Waals surface area contributed by atoms with E-state index in [1.54, 1.807) is 16.8 Å². The second-order valence-corrected chi connectivity index (χ2v) is 8.76. The van der Waals surface area contributed by atoms with Gasteiger partial charge in [0.25, 0.3) is 5.91 Å². The Labute approximate surface area is 188 Å². The van der Waals surface area contributed by atoms with Gasteiger partial charge in [-0.2, -0.15) is 5.10 Å². The number of carbonyl (C=O) groups excluding carboxylic acids is 1. The number of pyridine rings is 1. The molecule has 3 heterocycles. The molecule has 0 bridgehead atoms. The predicted octanol–water partition coefficient (Wildman–Crippen LogP) is 4.24. The summed E-state index contributed by atoms with van der Waals surface area (Å²) < 4.78 is 1.73. The molecule has 3 aromatic rings. The number of carbonyl (C=O) groups is 1. The maximum Gasteiger partial charge on any atom is 0.271 e. The number of nitrogens with zero attached hydrogens (tertiary/aromatic N) is 4. The zero-order chi connectivity index (χ0) is 22.0. The van der Waals surface area contributed by atoms with E-state index in [9.17, 15) is 4.79 Å². The largest absolute Gasteiger partial charge is 0.348 e. The minimum atomic E-state index is -0.231. The number of benzene rings is 1. The highest BCUT2D eigenvalue weighted by Crippen LogP contribution is 2.19. The number of amides is 1. The summed E-state index contributed by atoms with van der Waals surface area (Å²) in [6.07, 6.45) is 1.82. The van der Waals surface area contributed by atoms with Crippen molar-refractivity contribution in [3.63, 3.8) is 0 Å². The first-order valence-electron chi connectivity index (χ1n) is 10.7. The lowest BCUT2D eigenvalue weighted by Crippen LogP contribution is -2.44. The van der Waals surface area contributed by atoms with Crippen LogP contribution in [0.15, 0.2) is 42.5 Å². The fourth-order valence-electron chi connectivity index (χ4n) is 4.13. The van der Waals surface area contributed by atoms with Crippen LogP contribution in [0.4, 0.5) is 0 Å². The molecule has 0 atom stereocenters. The Hall–Kier alpha value is -2.70. The quantitative estimate of drug-likeness (QED) is 0.648. The summed E-state index contributed by atoms with van der Waals surface area (Å²) in [5.74, 6) is 0.360. The van der Waals surface area contributed by atoms with E-state index in [4.69, 9.17) is 11.6 Å². The molecule has 0 aliphatic carbocycles. The molecular weight excluding hydrogens is 410 g/mol. The molecule has 6 nitrogen and oxygen atoms in total. The average Bonchev–Trinajstić information content (AvgIpc) is 3.08. The SMILES string of the molecule is Cc1cccc(CN2CCC(NC(=O)c3nc(-n4nc(C)cc4C)ccc3Cl)CC2)c1. The van der Waals surface area contributed by atoms with Gasteiger partial charge in [0.1, 0.15) is 5.69 Å². The maximum atomic E-state index is 12.9. The molecule has 2 aromatic heterocycles. The Balaban J connectivity index is 1.38. The molecule has 162 valence electrons. The molecule has 0 spiro atoms. The predicted molar refractivity (Wildman–Crippen MR) is 123 cm³/mol.